The molecule has 2 heterocycles. The highest BCUT2D eigenvalue weighted by atomic mass is 32.1. The Morgan fingerprint density at radius 1 is 1.22 bits per heavy atom. The van der Waals surface area contributed by atoms with E-state index in [4.69, 9.17) is 10.3 Å². The highest BCUT2D eigenvalue weighted by molar-refractivity contribution is 7.09. The van der Waals surface area contributed by atoms with Crippen molar-refractivity contribution in [2.24, 2.45) is 5.73 Å². The molecule has 1 aliphatic carbocycles. The van der Waals surface area contributed by atoms with Gasteiger partial charge in [0.25, 0.3) is 5.89 Å². The van der Waals surface area contributed by atoms with Crippen molar-refractivity contribution in [1.29, 1.82) is 0 Å². The molecule has 0 bridgehead atoms. The molecular formula is C11H15N5OS. The SMILES string of the molecule is NC1(c2noc(-c3cnns3)n2)CCCCCC1. The third kappa shape index (κ3) is 2.15. The fourth-order valence-electron chi connectivity index (χ4n) is 2.37. The van der Waals surface area contributed by atoms with Crippen LogP contribution >= 0.6 is 11.5 Å². The lowest BCUT2D eigenvalue weighted by molar-refractivity contribution is 0.334. The first-order valence-corrected chi connectivity index (χ1v) is 6.96. The lowest BCUT2D eigenvalue weighted by atomic mass is 9.91. The number of rotatable bonds is 2. The Morgan fingerprint density at radius 2 is 2.00 bits per heavy atom. The summed E-state index contributed by atoms with van der Waals surface area (Å²) in [7, 11) is 0. The second-order valence-electron chi connectivity index (χ2n) is 4.78. The molecule has 0 radical (unpaired) electrons. The summed E-state index contributed by atoms with van der Waals surface area (Å²) < 4.78 is 9.04. The van der Waals surface area contributed by atoms with Crippen LogP contribution in [-0.2, 0) is 5.54 Å². The summed E-state index contributed by atoms with van der Waals surface area (Å²) in [5.74, 6) is 1.09. The third-order valence-electron chi connectivity index (χ3n) is 3.44. The van der Waals surface area contributed by atoms with Gasteiger partial charge in [-0.1, -0.05) is 35.3 Å². The molecule has 0 saturated heterocycles. The van der Waals surface area contributed by atoms with Crippen molar-refractivity contribution in [3.63, 3.8) is 0 Å². The van der Waals surface area contributed by atoms with Crippen molar-refractivity contribution in [1.82, 2.24) is 19.7 Å². The Hall–Kier alpha value is -1.34. The molecular weight excluding hydrogens is 250 g/mol. The number of aromatic nitrogens is 4. The first-order chi connectivity index (χ1) is 8.78. The predicted octanol–water partition coefficient (Wildman–Crippen LogP) is 2.10. The van der Waals surface area contributed by atoms with Gasteiger partial charge in [-0.25, -0.2) is 0 Å². The van der Waals surface area contributed by atoms with Crippen molar-refractivity contribution < 1.29 is 4.52 Å². The zero-order chi connectivity index (χ0) is 12.4. The van der Waals surface area contributed by atoms with E-state index < -0.39 is 5.54 Å². The van der Waals surface area contributed by atoms with Crippen LogP contribution in [0.15, 0.2) is 10.7 Å². The summed E-state index contributed by atoms with van der Waals surface area (Å²) in [6.07, 6.45) is 8.20. The average Bonchev–Trinajstić information content (AvgIpc) is 3.00. The Morgan fingerprint density at radius 3 is 2.67 bits per heavy atom. The van der Waals surface area contributed by atoms with E-state index in [2.05, 4.69) is 19.7 Å². The van der Waals surface area contributed by atoms with Crippen LogP contribution in [0.1, 0.15) is 44.3 Å². The Labute approximate surface area is 109 Å². The molecule has 0 unspecified atom stereocenters. The minimum absolute atomic E-state index is 0.434. The summed E-state index contributed by atoms with van der Waals surface area (Å²) in [6.45, 7) is 0. The largest absolute Gasteiger partial charge is 0.333 e. The zero-order valence-corrected chi connectivity index (χ0v) is 10.8. The van der Waals surface area contributed by atoms with E-state index in [9.17, 15) is 0 Å². The number of hydrogen-bond donors (Lipinski definition) is 1. The molecule has 1 aliphatic rings. The van der Waals surface area contributed by atoms with Crippen LogP contribution in [0.2, 0.25) is 0 Å². The van der Waals surface area contributed by atoms with Gasteiger partial charge >= 0.3 is 0 Å². The molecule has 2 aromatic rings. The minimum atomic E-state index is -0.434. The van der Waals surface area contributed by atoms with Gasteiger partial charge in [0.1, 0.15) is 4.88 Å². The lowest BCUT2D eigenvalue weighted by Crippen LogP contribution is -2.37. The summed E-state index contributed by atoms with van der Waals surface area (Å²) in [6, 6.07) is 0. The Bertz CT molecular complexity index is 501. The van der Waals surface area contributed by atoms with Gasteiger partial charge in [-0.3, -0.25) is 0 Å². The standard InChI is InChI=1S/C11H15N5OS/c12-11(5-3-1-2-4-6-11)10-14-9(17-15-10)8-7-13-16-18-8/h7H,1-6,12H2. The molecule has 3 rings (SSSR count). The molecule has 0 aliphatic heterocycles. The second kappa shape index (κ2) is 4.74. The molecule has 18 heavy (non-hydrogen) atoms. The maximum atomic E-state index is 6.43. The number of nitrogens with zero attached hydrogens (tertiary/aromatic N) is 4. The molecule has 1 saturated carbocycles. The van der Waals surface area contributed by atoms with Crippen molar-refractivity contribution in [3.05, 3.63) is 12.0 Å². The highest BCUT2D eigenvalue weighted by Crippen LogP contribution is 2.33. The van der Waals surface area contributed by atoms with Gasteiger partial charge in [-0.2, -0.15) is 4.98 Å². The van der Waals surface area contributed by atoms with Gasteiger partial charge in [0.05, 0.1) is 11.7 Å². The van der Waals surface area contributed by atoms with Crippen molar-refractivity contribution >= 4 is 11.5 Å². The molecule has 6 nitrogen and oxygen atoms in total. The molecule has 96 valence electrons. The van der Waals surface area contributed by atoms with Gasteiger partial charge < -0.3 is 10.3 Å². The topological polar surface area (TPSA) is 90.7 Å². The van der Waals surface area contributed by atoms with Crippen LogP contribution in [0.5, 0.6) is 0 Å². The maximum Gasteiger partial charge on any atom is 0.271 e. The first-order valence-electron chi connectivity index (χ1n) is 6.19. The molecule has 2 N–H and O–H groups in total. The van der Waals surface area contributed by atoms with E-state index in [1.165, 1.54) is 24.4 Å². The maximum absolute atomic E-state index is 6.43. The van der Waals surface area contributed by atoms with Gasteiger partial charge in [0, 0.05) is 0 Å². The molecule has 0 aromatic carbocycles. The minimum Gasteiger partial charge on any atom is -0.333 e. The number of nitrogens with two attached hydrogens (primary N) is 1. The molecule has 0 atom stereocenters. The van der Waals surface area contributed by atoms with Crippen molar-refractivity contribution in [3.8, 4) is 10.8 Å². The number of hydrogen-bond acceptors (Lipinski definition) is 7. The second-order valence-corrected chi connectivity index (χ2v) is 5.56. The molecule has 1 fully saturated rings. The molecule has 0 amide bonds. The van der Waals surface area contributed by atoms with E-state index >= 15 is 0 Å². The normalized spacial score (nSPS) is 19.6. The molecule has 7 heteroatoms. The summed E-state index contributed by atoms with van der Waals surface area (Å²) in [5.41, 5.74) is 6.00. The van der Waals surface area contributed by atoms with Crippen molar-refractivity contribution in [2.75, 3.05) is 0 Å². The van der Waals surface area contributed by atoms with Gasteiger partial charge in [0.2, 0.25) is 0 Å². The van der Waals surface area contributed by atoms with E-state index in [0.29, 0.717) is 11.7 Å². The lowest BCUT2D eigenvalue weighted by Gasteiger charge is -2.23. The van der Waals surface area contributed by atoms with Gasteiger partial charge in [-0.15, -0.1) is 5.10 Å². The third-order valence-corrected chi connectivity index (χ3v) is 4.09. The van der Waals surface area contributed by atoms with Crippen LogP contribution in [0, 0.1) is 0 Å². The quantitative estimate of drug-likeness (QED) is 0.836. The fourth-order valence-corrected chi connectivity index (χ4v) is 2.81. The van der Waals surface area contributed by atoms with Crippen molar-refractivity contribution in [2.45, 2.75) is 44.1 Å². The van der Waals surface area contributed by atoms with E-state index in [0.717, 1.165) is 30.6 Å². The molecule has 2 aromatic heterocycles. The fraction of sp³-hybridized carbons (Fsp3) is 0.636. The van der Waals surface area contributed by atoms with E-state index in [-0.39, 0.29) is 0 Å². The van der Waals surface area contributed by atoms with Crippen LogP contribution in [0.4, 0.5) is 0 Å². The van der Waals surface area contributed by atoms with E-state index in [1.54, 1.807) is 6.20 Å². The molecule has 0 spiro atoms. The van der Waals surface area contributed by atoms with E-state index in [1.807, 2.05) is 0 Å². The summed E-state index contributed by atoms with van der Waals surface area (Å²) in [4.78, 5) is 5.20. The van der Waals surface area contributed by atoms with Crippen LogP contribution in [-0.4, -0.2) is 19.7 Å². The zero-order valence-electron chi connectivity index (χ0n) is 10.0. The van der Waals surface area contributed by atoms with Gasteiger partial charge in [-0.05, 0) is 24.4 Å². The van der Waals surface area contributed by atoms with Crippen LogP contribution < -0.4 is 5.73 Å². The van der Waals surface area contributed by atoms with Gasteiger partial charge in [0.15, 0.2) is 5.82 Å². The average molecular weight is 265 g/mol. The Balaban J connectivity index is 1.88. The predicted molar refractivity (Wildman–Crippen MR) is 66.8 cm³/mol. The van der Waals surface area contributed by atoms with Crippen LogP contribution in [0.25, 0.3) is 10.8 Å². The van der Waals surface area contributed by atoms with Crippen LogP contribution in [0.3, 0.4) is 0 Å². The highest BCUT2D eigenvalue weighted by Gasteiger charge is 2.33. The monoisotopic (exact) mass is 265 g/mol. The summed E-state index contributed by atoms with van der Waals surface area (Å²) in [5, 5.41) is 7.81. The smallest absolute Gasteiger partial charge is 0.271 e. The Kier molecular flexibility index (Phi) is 3.09. The summed E-state index contributed by atoms with van der Waals surface area (Å²) >= 11 is 1.24. The first kappa shape index (κ1) is 11.7.